The number of nitrogens with zero attached hydrogens (tertiary/aromatic N) is 4. The number of aromatic nitrogens is 2. The van der Waals surface area contributed by atoms with Crippen molar-refractivity contribution in [3.63, 3.8) is 0 Å². The number of piperidine rings is 2. The number of benzene rings is 1. The first-order valence-electron chi connectivity index (χ1n) is 11.4. The lowest BCUT2D eigenvalue weighted by molar-refractivity contribution is -0.138. The summed E-state index contributed by atoms with van der Waals surface area (Å²) in [6.07, 6.45) is 3.56. The van der Waals surface area contributed by atoms with E-state index in [2.05, 4.69) is 12.0 Å². The molecular weight excluding hydrogens is 447 g/mol. The van der Waals surface area contributed by atoms with Crippen LogP contribution in [0.15, 0.2) is 24.3 Å². The van der Waals surface area contributed by atoms with Gasteiger partial charge in [-0.05, 0) is 50.2 Å². The van der Waals surface area contributed by atoms with Gasteiger partial charge in [0, 0.05) is 37.1 Å². The molecule has 0 N–H and O–H groups in total. The molecule has 0 spiro atoms. The molecule has 172 valence electrons. The molecule has 8 heteroatoms. The Balaban J connectivity index is 1.39. The predicted octanol–water partition coefficient (Wildman–Crippen LogP) is 4.66. The van der Waals surface area contributed by atoms with E-state index < -0.39 is 0 Å². The molecule has 0 saturated carbocycles. The van der Waals surface area contributed by atoms with E-state index >= 15 is 0 Å². The van der Waals surface area contributed by atoms with Crippen LogP contribution in [0.25, 0.3) is 0 Å². The average Bonchev–Trinajstić information content (AvgIpc) is 3.07. The molecule has 1 aromatic heterocycles. The number of carbonyl (C=O) groups excluding carboxylic acids is 2. The highest BCUT2D eigenvalue weighted by molar-refractivity contribution is 6.33. The van der Waals surface area contributed by atoms with E-state index in [1.165, 1.54) is 0 Å². The zero-order valence-corrected chi connectivity index (χ0v) is 20.2. The molecule has 0 bridgehead atoms. The van der Waals surface area contributed by atoms with Crippen LogP contribution >= 0.6 is 23.2 Å². The smallest absolute Gasteiger partial charge is 0.258 e. The molecule has 2 aliphatic rings. The number of aryl methyl sites for hydroxylation is 1. The van der Waals surface area contributed by atoms with Crippen LogP contribution in [0.5, 0.6) is 0 Å². The summed E-state index contributed by atoms with van der Waals surface area (Å²) in [5.74, 6) is 0.846. The maximum atomic E-state index is 13.3. The van der Waals surface area contributed by atoms with Crippen LogP contribution in [0.3, 0.4) is 0 Å². The molecule has 2 aromatic rings. The van der Waals surface area contributed by atoms with Gasteiger partial charge in [-0.15, -0.1) is 0 Å². The molecular formula is C24H30Cl2N4O2. The van der Waals surface area contributed by atoms with Gasteiger partial charge in [0.25, 0.3) is 5.91 Å². The number of amides is 2. The molecule has 0 atom stereocenters. The summed E-state index contributed by atoms with van der Waals surface area (Å²) in [7, 11) is 0. The van der Waals surface area contributed by atoms with Gasteiger partial charge in [0.05, 0.1) is 17.8 Å². The van der Waals surface area contributed by atoms with Crippen LogP contribution < -0.4 is 0 Å². The van der Waals surface area contributed by atoms with Gasteiger partial charge in [0.1, 0.15) is 5.15 Å². The highest BCUT2D eigenvalue weighted by atomic mass is 35.5. The molecule has 0 unspecified atom stereocenters. The van der Waals surface area contributed by atoms with Crippen molar-refractivity contribution in [1.29, 1.82) is 0 Å². The van der Waals surface area contributed by atoms with Crippen molar-refractivity contribution in [2.45, 2.75) is 46.1 Å². The summed E-state index contributed by atoms with van der Waals surface area (Å²) < 4.78 is 1.62. The Morgan fingerprint density at radius 2 is 1.62 bits per heavy atom. The Morgan fingerprint density at radius 3 is 2.28 bits per heavy atom. The third kappa shape index (κ3) is 4.81. The van der Waals surface area contributed by atoms with Gasteiger partial charge in [0.2, 0.25) is 5.91 Å². The van der Waals surface area contributed by atoms with E-state index in [1.54, 1.807) is 16.5 Å². The fraction of sp³-hybridized carbons (Fsp3) is 0.542. The monoisotopic (exact) mass is 476 g/mol. The molecule has 1 aromatic carbocycles. The van der Waals surface area contributed by atoms with Gasteiger partial charge in [-0.3, -0.25) is 9.59 Å². The minimum atomic E-state index is -0.115. The lowest BCUT2D eigenvalue weighted by Crippen LogP contribution is -2.46. The predicted molar refractivity (Wildman–Crippen MR) is 126 cm³/mol. The summed E-state index contributed by atoms with van der Waals surface area (Å²) in [5.41, 5.74) is 1.94. The lowest BCUT2D eigenvalue weighted by Gasteiger charge is -2.36. The third-order valence-corrected chi connectivity index (χ3v) is 7.54. The van der Waals surface area contributed by atoms with Crippen LogP contribution in [0, 0.1) is 18.8 Å². The molecule has 2 fully saturated rings. The molecule has 0 aliphatic carbocycles. The zero-order chi connectivity index (χ0) is 22.8. The largest absolute Gasteiger partial charge is 0.342 e. The molecule has 3 heterocycles. The number of hydrogen-bond acceptors (Lipinski definition) is 3. The molecule has 2 saturated heterocycles. The first kappa shape index (κ1) is 23.1. The fourth-order valence-corrected chi connectivity index (χ4v) is 5.17. The minimum Gasteiger partial charge on any atom is -0.342 e. The Bertz CT molecular complexity index is 990. The molecule has 32 heavy (non-hydrogen) atoms. The highest BCUT2D eigenvalue weighted by Crippen LogP contribution is 2.28. The normalized spacial score (nSPS) is 18.2. The van der Waals surface area contributed by atoms with E-state index in [-0.39, 0.29) is 17.7 Å². The van der Waals surface area contributed by atoms with Gasteiger partial charge < -0.3 is 9.80 Å². The number of halogens is 2. The molecule has 0 radical (unpaired) electrons. The zero-order valence-electron chi connectivity index (χ0n) is 18.7. The summed E-state index contributed by atoms with van der Waals surface area (Å²) >= 11 is 12.9. The van der Waals surface area contributed by atoms with Crippen LogP contribution in [-0.2, 0) is 11.3 Å². The summed E-state index contributed by atoms with van der Waals surface area (Å²) in [6, 6.07) is 7.52. The molecule has 4 rings (SSSR count). The van der Waals surface area contributed by atoms with Crippen molar-refractivity contribution in [3.8, 4) is 0 Å². The van der Waals surface area contributed by atoms with E-state index in [4.69, 9.17) is 23.2 Å². The Labute approximate surface area is 199 Å². The second-order valence-electron chi connectivity index (χ2n) is 9.07. The second-order valence-corrected chi connectivity index (χ2v) is 9.84. The van der Waals surface area contributed by atoms with E-state index in [9.17, 15) is 9.59 Å². The van der Waals surface area contributed by atoms with Gasteiger partial charge >= 0.3 is 0 Å². The summed E-state index contributed by atoms with van der Waals surface area (Å²) in [5, 5.41) is 5.46. The maximum Gasteiger partial charge on any atom is 0.258 e. The summed E-state index contributed by atoms with van der Waals surface area (Å²) in [6.45, 7) is 7.29. The quantitative estimate of drug-likeness (QED) is 0.644. The highest BCUT2D eigenvalue weighted by Gasteiger charge is 2.33. The van der Waals surface area contributed by atoms with Gasteiger partial charge in [-0.2, -0.15) is 5.10 Å². The van der Waals surface area contributed by atoms with Crippen LogP contribution in [0.1, 0.15) is 54.2 Å². The van der Waals surface area contributed by atoms with Crippen molar-refractivity contribution < 1.29 is 9.59 Å². The first-order chi connectivity index (χ1) is 15.3. The standard InChI is InChI=1S/C24H30Cl2N4O2/c1-16-7-11-28(12-8-16)23(31)18-9-13-29(14-10-18)24(32)21-17(2)27-30(22(21)26)15-19-5-3-4-6-20(19)25/h3-6,16,18H,7-15H2,1-2H3. The van der Waals surface area contributed by atoms with Crippen LogP contribution in [0.4, 0.5) is 0 Å². The molecule has 2 amide bonds. The van der Waals surface area contributed by atoms with Gasteiger partial charge in [0.15, 0.2) is 0 Å². The van der Waals surface area contributed by atoms with E-state index in [0.29, 0.717) is 59.8 Å². The van der Waals surface area contributed by atoms with E-state index in [1.807, 2.05) is 29.2 Å². The number of carbonyl (C=O) groups is 2. The van der Waals surface area contributed by atoms with Crippen molar-refractivity contribution in [2.24, 2.45) is 11.8 Å². The Morgan fingerprint density at radius 1 is 1.00 bits per heavy atom. The third-order valence-electron chi connectivity index (χ3n) is 6.78. The minimum absolute atomic E-state index is 0.00645. The second kappa shape index (κ2) is 9.84. The van der Waals surface area contributed by atoms with Crippen molar-refractivity contribution in [2.75, 3.05) is 26.2 Å². The average molecular weight is 477 g/mol. The van der Waals surface area contributed by atoms with Gasteiger partial charge in [-0.1, -0.05) is 48.3 Å². The topological polar surface area (TPSA) is 58.4 Å². The SMILES string of the molecule is Cc1nn(Cc2ccccc2Cl)c(Cl)c1C(=O)N1CCC(C(=O)N2CCC(C)CC2)CC1. The van der Waals surface area contributed by atoms with Crippen LogP contribution in [-0.4, -0.2) is 57.6 Å². The Kier molecular flexibility index (Phi) is 7.11. The lowest BCUT2D eigenvalue weighted by atomic mass is 9.92. The maximum absolute atomic E-state index is 13.3. The number of likely N-dealkylation sites (tertiary alicyclic amines) is 2. The van der Waals surface area contributed by atoms with Crippen molar-refractivity contribution in [1.82, 2.24) is 19.6 Å². The Hall–Kier alpha value is -2.05. The van der Waals surface area contributed by atoms with E-state index in [0.717, 1.165) is 31.5 Å². The van der Waals surface area contributed by atoms with Crippen LogP contribution in [0.2, 0.25) is 10.2 Å². The number of rotatable bonds is 4. The fourth-order valence-electron chi connectivity index (χ4n) is 4.66. The molecule has 6 nitrogen and oxygen atoms in total. The van der Waals surface area contributed by atoms with Gasteiger partial charge in [-0.25, -0.2) is 4.68 Å². The number of hydrogen-bond donors (Lipinski definition) is 0. The first-order valence-corrected chi connectivity index (χ1v) is 12.1. The van der Waals surface area contributed by atoms with Crippen molar-refractivity contribution in [3.05, 3.63) is 51.3 Å². The van der Waals surface area contributed by atoms with Crippen molar-refractivity contribution >= 4 is 35.0 Å². The summed E-state index contributed by atoms with van der Waals surface area (Å²) in [4.78, 5) is 30.0. The molecule has 2 aliphatic heterocycles.